The van der Waals surface area contributed by atoms with E-state index in [0.29, 0.717) is 11.3 Å². The minimum atomic E-state index is 0. The van der Waals surface area contributed by atoms with E-state index in [9.17, 15) is 0 Å². The van der Waals surface area contributed by atoms with Crippen molar-refractivity contribution >= 4 is 29.0 Å². The van der Waals surface area contributed by atoms with E-state index in [1.807, 2.05) is 30.3 Å². The van der Waals surface area contributed by atoms with Gasteiger partial charge in [0.1, 0.15) is 0 Å². The predicted octanol–water partition coefficient (Wildman–Crippen LogP) is 13.7. The minimum absolute atomic E-state index is 0. The van der Waals surface area contributed by atoms with Gasteiger partial charge < -0.3 is 6.92 Å². The fourth-order valence-corrected chi connectivity index (χ4v) is 9.37. The summed E-state index contributed by atoms with van der Waals surface area (Å²) >= 11 is 1.30. The van der Waals surface area contributed by atoms with Gasteiger partial charge in [0.15, 0.2) is 0 Å². The summed E-state index contributed by atoms with van der Waals surface area (Å²) in [5, 5.41) is 0. The van der Waals surface area contributed by atoms with Crippen LogP contribution in [0.5, 0.6) is 0 Å². The Morgan fingerprint density at radius 1 is 0.804 bits per heavy atom. The molecule has 0 saturated heterocycles. The van der Waals surface area contributed by atoms with E-state index in [-0.39, 0.29) is 35.6 Å². The smallest absolute Gasteiger partial charge is 0.171 e. The van der Waals surface area contributed by atoms with Crippen LogP contribution in [0, 0.1) is 54.2 Å². The van der Waals surface area contributed by atoms with Gasteiger partial charge in [-0.2, -0.15) is 78.7 Å². The maximum absolute atomic E-state index is 3.67. The van der Waals surface area contributed by atoms with Crippen molar-refractivity contribution < 1.29 is 24.2 Å². The maximum atomic E-state index is 3.67. The molecule has 4 bridgehead atoms. The Hall–Kier alpha value is -1.53. The van der Waals surface area contributed by atoms with Crippen LogP contribution >= 0.6 is 24.8 Å². The van der Waals surface area contributed by atoms with Crippen LogP contribution in [0.4, 0.5) is 0 Å². The monoisotopic (exact) mass is 800 g/mol. The first kappa shape index (κ1) is 45.6. The number of rotatable bonds is 2. The van der Waals surface area contributed by atoms with Gasteiger partial charge in [-0.15, -0.1) is 35.9 Å². The quantitative estimate of drug-likeness (QED) is 0.177. The van der Waals surface area contributed by atoms with Crippen molar-refractivity contribution in [3.05, 3.63) is 125 Å². The van der Waals surface area contributed by atoms with Crippen molar-refractivity contribution in [2.75, 3.05) is 0 Å². The van der Waals surface area contributed by atoms with Gasteiger partial charge in [-0.25, -0.2) is 5.57 Å². The fourth-order valence-electron chi connectivity index (χ4n) is 9.37. The second-order valence-corrected chi connectivity index (χ2v) is 17.2. The van der Waals surface area contributed by atoms with Crippen LogP contribution in [-0.4, -0.2) is 4.21 Å². The van der Waals surface area contributed by atoms with Gasteiger partial charge in [-0.05, 0) is 90.1 Å². The van der Waals surface area contributed by atoms with Gasteiger partial charge in [0.05, 0.1) is 0 Å². The van der Waals surface area contributed by atoms with Crippen LogP contribution in [0.1, 0.15) is 130 Å². The summed E-state index contributed by atoms with van der Waals surface area (Å²) in [7, 11) is 0. The van der Waals surface area contributed by atoms with Crippen molar-refractivity contribution in [1.82, 2.24) is 0 Å². The molecule has 0 N–H and O–H groups in total. The van der Waals surface area contributed by atoms with E-state index < -0.39 is 0 Å². The average molecular weight is 803 g/mol. The molecule has 4 fully saturated rings. The molecule has 9 rings (SSSR count). The van der Waals surface area contributed by atoms with Gasteiger partial charge in [0.2, 0.25) is 0 Å². The maximum Gasteiger partial charge on any atom is -0.171 e. The van der Waals surface area contributed by atoms with Crippen LogP contribution in [-0.2, 0) is 41.5 Å². The summed E-state index contributed by atoms with van der Waals surface area (Å²) in [6.07, 6.45) is 17.8. The van der Waals surface area contributed by atoms with Crippen molar-refractivity contribution in [2.24, 2.45) is 29.1 Å². The molecular formula is C48H64Cl2Zr-4. The number of hydrogen-bond donors (Lipinski definition) is 0. The third kappa shape index (κ3) is 11.7. The van der Waals surface area contributed by atoms with Crippen molar-refractivity contribution in [3.8, 4) is 11.1 Å². The molecule has 51 heavy (non-hydrogen) atoms. The zero-order valence-electron chi connectivity index (χ0n) is 33.0. The van der Waals surface area contributed by atoms with E-state index >= 15 is 0 Å². The second-order valence-electron chi connectivity index (χ2n) is 17.2. The summed E-state index contributed by atoms with van der Waals surface area (Å²) in [5.41, 5.74) is 12.5. The molecule has 3 aromatic rings. The molecule has 0 aliphatic heterocycles. The number of fused-ring (bicyclic) bond motifs is 3. The minimum Gasteiger partial charge on any atom is -0.184 e. The van der Waals surface area contributed by atoms with E-state index in [2.05, 4.69) is 121 Å². The normalized spacial score (nSPS) is 24.3. The number of hydrogen-bond acceptors (Lipinski definition) is 0. The van der Waals surface area contributed by atoms with E-state index in [0.717, 1.165) is 24.2 Å². The molecule has 278 valence electrons. The molecule has 0 nitrogen and oxygen atoms in total. The molecule has 0 spiro atoms. The molecule has 0 heterocycles. The Morgan fingerprint density at radius 2 is 1.35 bits per heavy atom. The summed E-state index contributed by atoms with van der Waals surface area (Å²) in [6, 6.07) is 27.7. The Labute approximate surface area is 340 Å². The Bertz CT molecular complexity index is 1460. The number of allylic oxidation sites excluding steroid dienone is 4. The summed E-state index contributed by atoms with van der Waals surface area (Å²) in [4.78, 5) is 0. The van der Waals surface area contributed by atoms with Gasteiger partial charge in [-0.1, -0.05) is 91.5 Å². The molecular weight excluding hydrogens is 739 g/mol. The van der Waals surface area contributed by atoms with Crippen molar-refractivity contribution in [2.45, 2.75) is 125 Å². The van der Waals surface area contributed by atoms with Crippen molar-refractivity contribution in [1.29, 1.82) is 0 Å². The van der Waals surface area contributed by atoms with Gasteiger partial charge in [-0.3, -0.25) is 6.08 Å². The molecule has 0 radical (unpaired) electrons. The van der Waals surface area contributed by atoms with Crippen molar-refractivity contribution in [3.63, 3.8) is 0 Å². The van der Waals surface area contributed by atoms with E-state index in [4.69, 9.17) is 0 Å². The molecule has 1 atom stereocenters. The fraction of sp³-hybridized carbons (Fsp3) is 0.500. The molecule has 3 aromatic carbocycles. The third-order valence-corrected chi connectivity index (χ3v) is 11.2. The van der Waals surface area contributed by atoms with Gasteiger partial charge in [0, 0.05) is 0 Å². The Kier molecular flexibility index (Phi) is 17.6. The van der Waals surface area contributed by atoms with E-state index in [1.165, 1.54) is 69.6 Å². The summed E-state index contributed by atoms with van der Waals surface area (Å²) < 4.78 is 3.34. The Morgan fingerprint density at radius 3 is 1.78 bits per heavy atom. The topological polar surface area (TPSA) is 0 Å². The van der Waals surface area contributed by atoms with Crippen LogP contribution < -0.4 is 0 Å². The molecule has 4 saturated carbocycles. The first-order chi connectivity index (χ1) is 23.3. The van der Waals surface area contributed by atoms with Crippen LogP contribution in [0.15, 0.2) is 77.9 Å². The summed E-state index contributed by atoms with van der Waals surface area (Å²) in [5.74, 6) is 3.82. The molecule has 1 unspecified atom stereocenters. The van der Waals surface area contributed by atoms with Crippen LogP contribution in [0.25, 0.3) is 11.1 Å². The zero-order valence-corrected chi connectivity index (χ0v) is 37.1. The first-order valence-corrected chi connectivity index (χ1v) is 20.5. The van der Waals surface area contributed by atoms with Gasteiger partial charge >= 0.3 is 28.4 Å². The molecule has 6 aliphatic rings. The van der Waals surface area contributed by atoms with Crippen LogP contribution in [0.2, 0.25) is 0 Å². The first-order valence-electron chi connectivity index (χ1n) is 18.8. The number of benzene rings is 3. The SMILES string of the molecule is CC(C)(C)c1[c-]c2c(cc1)-c1ccc(C(C)(C)C)cc1C2.CC1=[C-]C(C)C=C1CC12CC3CC(CC(C3)C1)C2.Cl.Cl.[CH2-]C.[CH2]=[Zr].[c-]1ccccc1. The Balaban J connectivity index is 0.000000273. The molecule has 3 heteroatoms. The van der Waals surface area contributed by atoms with Crippen LogP contribution in [0.3, 0.4) is 0 Å². The second kappa shape index (κ2) is 19.7. The summed E-state index contributed by atoms with van der Waals surface area (Å²) in [6.45, 7) is 23.1. The molecule has 0 amide bonds. The molecule has 6 aliphatic carbocycles. The average Bonchev–Trinajstić information content (AvgIpc) is 3.59. The number of halogens is 2. The van der Waals surface area contributed by atoms with E-state index in [1.54, 1.807) is 51.0 Å². The predicted molar refractivity (Wildman–Crippen MR) is 224 cm³/mol. The molecule has 0 aromatic heterocycles. The standard InChI is InChI=1S/C21H25.C18H25.C6H5.C2H5.CH2.2ClH.Zr/c1-20(2,3)16-7-9-18-14(12-16)11-15-13-17(21(4,5)6)8-10-19(15)18;1-12-3-13(2)17(4-12)11-18-8-14-5-15(9-18)7-16(6-14)10-18;1-2-4-6-5-3-1;1-2;;;;/h7-10,12H,11H2,1-6H3;4,12,14-16H,5-11H2,1-2H3;1-5H;1H2,2H3;1H2;2*1H;/q4*-1;;;;. The van der Waals surface area contributed by atoms with Gasteiger partial charge in [0.25, 0.3) is 0 Å². The third-order valence-electron chi connectivity index (χ3n) is 11.2. The zero-order chi connectivity index (χ0) is 36.0. The largest absolute Gasteiger partial charge is 0.184 e.